The molecule has 0 saturated carbocycles. The fourth-order valence-electron chi connectivity index (χ4n) is 1.60. The second-order valence-electron chi connectivity index (χ2n) is 4.44. The summed E-state index contributed by atoms with van der Waals surface area (Å²) in [5, 5.41) is 0. The molecular formula is C16H26. The summed E-state index contributed by atoms with van der Waals surface area (Å²) < 4.78 is 0. The number of hydrogen-bond acceptors (Lipinski definition) is 0. The molecule has 0 aliphatic carbocycles. The SMILES string of the molecule is CCC=CC=C(C=C(C)C)CC(C)=CCC. The lowest BCUT2D eigenvalue weighted by molar-refractivity contribution is 1.09. The summed E-state index contributed by atoms with van der Waals surface area (Å²) in [5.74, 6) is 0. The highest BCUT2D eigenvalue weighted by Crippen LogP contribution is 2.14. The summed E-state index contributed by atoms with van der Waals surface area (Å²) in [5.41, 5.74) is 4.21. The van der Waals surface area contributed by atoms with Crippen LogP contribution in [0.25, 0.3) is 0 Å². The molecule has 0 fully saturated rings. The van der Waals surface area contributed by atoms with Gasteiger partial charge in [0.2, 0.25) is 0 Å². The van der Waals surface area contributed by atoms with E-state index in [2.05, 4.69) is 65.0 Å². The van der Waals surface area contributed by atoms with Gasteiger partial charge < -0.3 is 0 Å². The summed E-state index contributed by atoms with van der Waals surface area (Å²) in [4.78, 5) is 0. The largest absolute Gasteiger partial charge is 0.0855 e. The van der Waals surface area contributed by atoms with E-state index in [9.17, 15) is 0 Å². The van der Waals surface area contributed by atoms with Gasteiger partial charge in [0.1, 0.15) is 0 Å². The first-order valence-electron chi connectivity index (χ1n) is 6.26. The molecule has 0 aromatic heterocycles. The van der Waals surface area contributed by atoms with E-state index in [-0.39, 0.29) is 0 Å². The minimum atomic E-state index is 1.06. The average Bonchev–Trinajstić information content (AvgIpc) is 2.17. The van der Waals surface area contributed by atoms with Crippen LogP contribution >= 0.6 is 0 Å². The van der Waals surface area contributed by atoms with Gasteiger partial charge in [0.15, 0.2) is 0 Å². The highest BCUT2D eigenvalue weighted by atomic mass is 14.0. The van der Waals surface area contributed by atoms with Crippen LogP contribution in [0.2, 0.25) is 0 Å². The van der Waals surface area contributed by atoms with E-state index in [0.717, 1.165) is 19.3 Å². The third kappa shape index (κ3) is 8.28. The first kappa shape index (κ1) is 15.0. The Kier molecular flexibility index (Phi) is 8.61. The third-order valence-corrected chi connectivity index (χ3v) is 2.19. The lowest BCUT2D eigenvalue weighted by Crippen LogP contribution is -1.83. The van der Waals surface area contributed by atoms with Crippen molar-refractivity contribution in [2.24, 2.45) is 0 Å². The Morgan fingerprint density at radius 3 is 2.19 bits per heavy atom. The topological polar surface area (TPSA) is 0 Å². The molecule has 0 aliphatic rings. The molecule has 0 aromatic carbocycles. The summed E-state index contributed by atoms with van der Waals surface area (Å²) in [6.07, 6.45) is 14.4. The van der Waals surface area contributed by atoms with Crippen LogP contribution in [0.3, 0.4) is 0 Å². The summed E-state index contributed by atoms with van der Waals surface area (Å²) in [6.45, 7) is 10.9. The molecule has 0 heteroatoms. The molecule has 0 aromatic rings. The van der Waals surface area contributed by atoms with E-state index in [1.54, 1.807) is 0 Å². The maximum absolute atomic E-state index is 2.30. The molecule has 0 unspecified atom stereocenters. The minimum Gasteiger partial charge on any atom is -0.0855 e. The van der Waals surface area contributed by atoms with E-state index in [1.165, 1.54) is 16.7 Å². The molecule has 0 N–H and O–H groups in total. The third-order valence-electron chi connectivity index (χ3n) is 2.19. The highest BCUT2D eigenvalue weighted by Gasteiger charge is 1.94. The highest BCUT2D eigenvalue weighted by molar-refractivity contribution is 5.30. The Hall–Kier alpha value is -1.04. The van der Waals surface area contributed by atoms with Crippen molar-refractivity contribution < 1.29 is 0 Å². The Morgan fingerprint density at radius 2 is 1.69 bits per heavy atom. The average molecular weight is 218 g/mol. The van der Waals surface area contributed by atoms with Gasteiger partial charge in [-0.1, -0.05) is 55.4 Å². The monoisotopic (exact) mass is 218 g/mol. The molecule has 0 aliphatic heterocycles. The van der Waals surface area contributed by atoms with Crippen LogP contribution in [0, 0.1) is 0 Å². The van der Waals surface area contributed by atoms with Gasteiger partial charge in [0.25, 0.3) is 0 Å². The molecular weight excluding hydrogens is 192 g/mol. The van der Waals surface area contributed by atoms with Crippen LogP contribution in [-0.4, -0.2) is 0 Å². The summed E-state index contributed by atoms with van der Waals surface area (Å²) >= 11 is 0. The fourth-order valence-corrected chi connectivity index (χ4v) is 1.60. The molecule has 0 bridgehead atoms. The number of rotatable bonds is 6. The standard InChI is InChI=1S/C16H26/c1-6-8-9-11-16(12-14(3)4)13-15(5)10-7-2/h8-12H,6-7,13H2,1-5H3. The quantitative estimate of drug-likeness (QED) is 0.402. The van der Waals surface area contributed by atoms with Crippen molar-refractivity contribution in [3.05, 3.63) is 47.1 Å². The molecule has 0 amide bonds. The van der Waals surface area contributed by atoms with Crippen molar-refractivity contribution in [2.75, 3.05) is 0 Å². The van der Waals surface area contributed by atoms with Crippen LogP contribution in [-0.2, 0) is 0 Å². The zero-order chi connectivity index (χ0) is 12.4. The van der Waals surface area contributed by atoms with Crippen LogP contribution < -0.4 is 0 Å². The Labute approximate surface area is 101 Å². The van der Waals surface area contributed by atoms with Crippen LogP contribution in [0.5, 0.6) is 0 Å². The Bertz CT molecular complexity index is 294. The second kappa shape index (κ2) is 9.21. The molecule has 0 nitrogen and oxygen atoms in total. The molecule has 0 radical (unpaired) electrons. The predicted octanol–water partition coefficient (Wildman–Crippen LogP) is 5.59. The predicted molar refractivity (Wildman–Crippen MR) is 75.6 cm³/mol. The lowest BCUT2D eigenvalue weighted by Gasteiger charge is -2.03. The van der Waals surface area contributed by atoms with Gasteiger partial charge in [-0.15, -0.1) is 0 Å². The zero-order valence-corrected chi connectivity index (χ0v) is 11.5. The zero-order valence-electron chi connectivity index (χ0n) is 11.5. The van der Waals surface area contributed by atoms with E-state index in [0.29, 0.717) is 0 Å². The first-order valence-corrected chi connectivity index (χ1v) is 6.26. The van der Waals surface area contributed by atoms with Crippen molar-refractivity contribution in [1.82, 2.24) is 0 Å². The van der Waals surface area contributed by atoms with Gasteiger partial charge in [0, 0.05) is 0 Å². The maximum atomic E-state index is 2.30. The summed E-state index contributed by atoms with van der Waals surface area (Å²) in [7, 11) is 0. The van der Waals surface area contributed by atoms with Gasteiger partial charge >= 0.3 is 0 Å². The van der Waals surface area contributed by atoms with Gasteiger partial charge in [-0.25, -0.2) is 0 Å². The van der Waals surface area contributed by atoms with E-state index < -0.39 is 0 Å². The molecule has 0 saturated heterocycles. The molecule has 0 spiro atoms. The molecule has 0 heterocycles. The van der Waals surface area contributed by atoms with Crippen LogP contribution in [0.1, 0.15) is 53.9 Å². The van der Waals surface area contributed by atoms with Gasteiger partial charge in [-0.05, 0) is 45.6 Å². The lowest BCUT2D eigenvalue weighted by atomic mass is 10.0. The van der Waals surface area contributed by atoms with Crippen molar-refractivity contribution >= 4 is 0 Å². The minimum absolute atomic E-state index is 1.06. The van der Waals surface area contributed by atoms with Crippen molar-refractivity contribution in [2.45, 2.75) is 53.9 Å². The number of allylic oxidation sites excluding steroid dienone is 8. The molecule has 90 valence electrons. The number of hydrogen-bond donors (Lipinski definition) is 0. The van der Waals surface area contributed by atoms with Crippen LogP contribution in [0.15, 0.2) is 47.1 Å². The first-order chi connectivity index (χ1) is 7.60. The normalized spacial score (nSPS) is 13.3. The Morgan fingerprint density at radius 1 is 1.00 bits per heavy atom. The summed E-state index contributed by atoms with van der Waals surface area (Å²) in [6, 6.07) is 0. The molecule has 0 rings (SSSR count). The maximum Gasteiger partial charge on any atom is -0.00699 e. The van der Waals surface area contributed by atoms with Crippen molar-refractivity contribution in [3.63, 3.8) is 0 Å². The Balaban J connectivity index is 4.69. The van der Waals surface area contributed by atoms with Crippen molar-refractivity contribution in [3.8, 4) is 0 Å². The van der Waals surface area contributed by atoms with Gasteiger partial charge in [-0.2, -0.15) is 0 Å². The molecule has 16 heavy (non-hydrogen) atoms. The van der Waals surface area contributed by atoms with E-state index in [1.807, 2.05) is 0 Å². The molecule has 0 atom stereocenters. The smallest absolute Gasteiger partial charge is 0.00699 e. The second-order valence-corrected chi connectivity index (χ2v) is 4.44. The van der Waals surface area contributed by atoms with Crippen LogP contribution in [0.4, 0.5) is 0 Å². The van der Waals surface area contributed by atoms with E-state index >= 15 is 0 Å². The van der Waals surface area contributed by atoms with E-state index in [4.69, 9.17) is 0 Å². The van der Waals surface area contributed by atoms with Gasteiger partial charge in [0.05, 0.1) is 0 Å². The van der Waals surface area contributed by atoms with Crippen molar-refractivity contribution in [1.29, 1.82) is 0 Å². The van der Waals surface area contributed by atoms with Gasteiger partial charge in [-0.3, -0.25) is 0 Å². The fraction of sp³-hybridized carbons (Fsp3) is 0.500.